The molecule has 0 bridgehead atoms. The summed E-state index contributed by atoms with van der Waals surface area (Å²) in [5.41, 5.74) is 0.219. The molecule has 0 spiro atoms. The van der Waals surface area contributed by atoms with Crippen LogP contribution in [-0.4, -0.2) is 34.2 Å². The van der Waals surface area contributed by atoms with Gasteiger partial charge in [-0.25, -0.2) is 14.6 Å². The molecule has 1 aromatic rings. The minimum absolute atomic E-state index is 0.0493. The molecular weight excluding hydrogens is 286 g/mol. The van der Waals surface area contributed by atoms with Gasteiger partial charge in [-0.15, -0.1) is 0 Å². The van der Waals surface area contributed by atoms with Gasteiger partial charge in [0.05, 0.1) is 18.9 Å². The SMILES string of the molecule is CCOC(=O)c1nc(CO)ccc1C=CC(=O)OC(C)(C)C. The van der Waals surface area contributed by atoms with Crippen molar-refractivity contribution < 1.29 is 24.2 Å². The molecular formula is C16H21NO5. The van der Waals surface area contributed by atoms with Crippen LogP contribution in [0, 0.1) is 0 Å². The van der Waals surface area contributed by atoms with E-state index in [9.17, 15) is 9.59 Å². The summed E-state index contributed by atoms with van der Waals surface area (Å²) in [5.74, 6) is -1.13. The van der Waals surface area contributed by atoms with E-state index in [1.165, 1.54) is 12.2 Å². The van der Waals surface area contributed by atoms with Crippen molar-refractivity contribution in [3.8, 4) is 0 Å². The number of aliphatic hydroxyl groups excluding tert-OH is 1. The van der Waals surface area contributed by atoms with Gasteiger partial charge in [0, 0.05) is 11.6 Å². The summed E-state index contributed by atoms with van der Waals surface area (Å²) in [4.78, 5) is 27.6. The Balaban J connectivity index is 3.03. The molecule has 1 rings (SSSR count). The highest BCUT2D eigenvalue weighted by Gasteiger charge is 2.16. The van der Waals surface area contributed by atoms with Crippen LogP contribution in [0.2, 0.25) is 0 Å². The standard InChI is InChI=1S/C16H21NO5/c1-5-21-15(20)14-11(6-8-12(10-18)17-14)7-9-13(19)22-16(2,3)4/h6-9,18H,5,10H2,1-4H3. The van der Waals surface area contributed by atoms with Gasteiger partial charge in [0.25, 0.3) is 0 Å². The minimum atomic E-state index is -0.610. The molecule has 0 aromatic carbocycles. The van der Waals surface area contributed by atoms with Crippen molar-refractivity contribution in [2.75, 3.05) is 6.61 Å². The summed E-state index contributed by atoms with van der Waals surface area (Å²) in [6, 6.07) is 3.16. The summed E-state index contributed by atoms with van der Waals surface area (Å²) < 4.78 is 10.1. The number of nitrogens with zero attached hydrogens (tertiary/aromatic N) is 1. The van der Waals surface area contributed by atoms with Crippen LogP contribution in [0.3, 0.4) is 0 Å². The molecule has 1 aromatic heterocycles. The topological polar surface area (TPSA) is 85.7 Å². The first-order valence-electron chi connectivity index (χ1n) is 6.95. The molecule has 22 heavy (non-hydrogen) atoms. The number of hydrogen-bond acceptors (Lipinski definition) is 6. The second kappa shape index (κ2) is 7.70. The van der Waals surface area contributed by atoms with Crippen molar-refractivity contribution in [1.82, 2.24) is 4.98 Å². The highest BCUT2D eigenvalue weighted by Crippen LogP contribution is 2.13. The van der Waals surface area contributed by atoms with Crippen molar-refractivity contribution in [3.63, 3.8) is 0 Å². The van der Waals surface area contributed by atoms with Crippen LogP contribution in [0.25, 0.3) is 6.08 Å². The fraction of sp³-hybridized carbons (Fsp3) is 0.438. The Kier molecular flexibility index (Phi) is 6.24. The Labute approximate surface area is 129 Å². The zero-order valence-corrected chi connectivity index (χ0v) is 13.3. The number of carbonyl (C=O) groups excluding carboxylic acids is 2. The van der Waals surface area contributed by atoms with Crippen molar-refractivity contribution in [2.24, 2.45) is 0 Å². The third-order valence-corrected chi connectivity index (χ3v) is 2.42. The normalized spacial score (nSPS) is 11.5. The number of carbonyl (C=O) groups is 2. The van der Waals surface area contributed by atoms with Crippen LogP contribution in [0.15, 0.2) is 18.2 Å². The lowest BCUT2D eigenvalue weighted by Gasteiger charge is -2.17. The van der Waals surface area contributed by atoms with Gasteiger partial charge in [-0.2, -0.15) is 0 Å². The molecule has 0 aliphatic carbocycles. The summed E-state index contributed by atoms with van der Waals surface area (Å²) >= 11 is 0. The third kappa shape index (κ3) is 5.65. The Morgan fingerprint density at radius 2 is 2.00 bits per heavy atom. The van der Waals surface area contributed by atoms with Crippen LogP contribution >= 0.6 is 0 Å². The molecule has 1 N–H and O–H groups in total. The number of pyridine rings is 1. The molecule has 6 heteroatoms. The van der Waals surface area contributed by atoms with Crippen LogP contribution in [-0.2, 0) is 20.9 Å². The number of hydrogen-bond donors (Lipinski definition) is 1. The molecule has 0 saturated heterocycles. The van der Waals surface area contributed by atoms with Crippen LogP contribution < -0.4 is 0 Å². The molecule has 6 nitrogen and oxygen atoms in total. The molecule has 0 aliphatic heterocycles. The van der Waals surface area contributed by atoms with Crippen LogP contribution in [0.1, 0.15) is 49.4 Å². The van der Waals surface area contributed by atoms with Crippen molar-refractivity contribution in [2.45, 2.75) is 39.9 Å². The van der Waals surface area contributed by atoms with E-state index < -0.39 is 17.5 Å². The lowest BCUT2D eigenvalue weighted by Crippen LogP contribution is -2.22. The van der Waals surface area contributed by atoms with E-state index in [-0.39, 0.29) is 18.9 Å². The first-order valence-corrected chi connectivity index (χ1v) is 6.95. The summed E-state index contributed by atoms with van der Waals surface area (Å²) in [5, 5.41) is 9.10. The van der Waals surface area contributed by atoms with E-state index >= 15 is 0 Å². The van der Waals surface area contributed by atoms with Gasteiger partial charge in [-0.05, 0) is 39.8 Å². The van der Waals surface area contributed by atoms with Gasteiger partial charge in [-0.1, -0.05) is 6.07 Å². The van der Waals surface area contributed by atoms with Crippen LogP contribution in [0.5, 0.6) is 0 Å². The molecule has 0 unspecified atom stereocenters. The highest BCUT2D eigenvalue weighted by atomic mass is 16.6. The second-order valence-corrected chi connectivity index (χ2v) is 5.49. The lowest BCUT2D eigenvalue weighted by molar-refractivity contribution is -0.148. The molecule has 0 amide bonds. The Bertz CT molecular complexity index is 572. The molecule has 0 atom stereocenters. The number of rotatable bonds is 5. The maximum Gasteiger partial charge on any atom is 0.357 e. The first-order chi connectivity index (χ1) is 10.3. The number of aromatic nitrogens is 1. The number of aliphatic hydroxyl groups is 1. The summed E-state index contributed by atoms with van der Waals surface area (Å²) in [6.45, 7) is 6.90. The van der Waals surface area contributed by atoms with Crippen LogP contribution in [0.4, 0.5) is 0 Å². The molecule has 0 radical (unpaired) electrons. The Morgan fingerprint density at radius 1 is 1.32 bits per heavy atom. The highest BCUT2D eigenvalue weighted by molar-refractivity contribution is 5.94. The third-order valence-electron chi connectivity index (χ3n) is 2.42. The maximum atomic E-state index is 11.9. The molecule has 1 heterocycles. The molecule has 0 saturated carbocycles. The van der Waals surface area contributed by atoms with E-state index in [0.717, 1.165) is 0 Å². The quantitative estimate of drug-likeness (QED) is 0.662. The zero-order chi connectivity index (χ0) is 16.8. The average molecular weight is 307 g/mol. The largest absolute Gasteiger partial charge is 0.461 e. The van der Waals surface area contributed by atoms with E-state index in [1.54, 1.807) is 39.8 Å². The van der Waals surface area contributed by atoms with E-state index in [0.29, 0.717) is 11.3 Å². The van der Waals surface area contributed by atoms with Gasteiger partial charge in [0.2, 0.25) is 0 Å². The van der Waals surface area contributed by atoms with Gasteiger partial charge >= 0.3 is 11.9 Å². The minimum Gasteiger partial charge on any atom is -0.461 e. The predicted octanol–water partition coefficient (Wildman–Crippen LogP) is 2.11. The van der Waals surface area contributed by atoms with Gasteiger partial charge in [0.1, 0.15) is 5.60 Å². The van der Waals surface area contributed by atoms with E-state index in [1.807, 2.05) is 0 Å². The van der Waals surface area contributed by atoms with Crippen molar-refractivity contribution in [1.29, 1.82) is 0 Å². The Hall–Kier alpha value is -2.21. The fourth-order valence-corrected chi connectivity index (χ4v) is 1.59. The zero-order valence-electron chi connectivity index (χ0n) is 13.3. The number of ether oxygens (including phenoxy) is 2. The van der Waals surface area contributed by atoms with Crippen molar-refractivity contribution >= 4 is 18.0 Å². The molecule has 0 aliphatic rings. The van der Waals surface area contributed by atoms with Gasteiger partial charge < -0.3 is 14.6 Å². The fourth-order valence-electron chi connectivity index (χ4n) is 1.59. The van der Waals surface area contributed by atoms with Gasteiger partial charge in [-0.3, -0.25) is 0 Å². The van der Waals surface area contributed by atoms with E-state index in [2.05, 4.69) is 4.98 Å². The summed E-state index contributed by atoms with van der Waals surface area (Å²) in [7, 11) is 0. The second-order valence-electron chi connectivity index (χ2n) is 5.49. The Morgan fingerprint density at radius 3 is 2.55 bits per heavy atom. The smallest absolute Gasteiger partial charge is 0.357 e. The maximum absolute atomic E-state index is 11.9. The average Bonchev–Trinajstić information content (AvgIpc) is 2.43. The van der Waals surface area contributed by atoms with Gasteiger partial charge in [0.15, 0.2) is 5.69 Å². The predicted molar refractivity (Wildman–Crippen MR) is 81.0 cm³/mol. The first kappa shape index (κ1) is 17.8. The molecule has 120 valence electrons. The van der Waals surface area contributed by atoms with E-state index in [4.69, 9.17) is 14.6 Å². The number of esters is 2. The van der Waals surface area contributed by atoms with Crippen molar-refractivity contribution in [3.05, 3.63) is 35.2 Å². The summed E-state index contributed by atoms with van der Waals surface area (Å²) in [6.07, 6.45) is 2.66. The molecule has 0 fully saturated rings. The lowest BCUT2D eigenvalue weighted by atomic mass is 10.1. The monoisotopic (exact) mass is 307 g/mol.